The molecular weight excluding hydrogens is 291 g/mol. The van der Waals surface area contributed by atoms with Crippen LogP contribution in [-0.2, 0) is 4.74 Å². The van der Waals surface area contributed by atoms with E-state index in [1.807, 2.05) is 0 Å². The van der Waals surface area contributed by atoms with Crippen LogP contribution >= 0.6 is 23.2 Å². The Kier molecular flexibility index (Phi) is 3.48. The molecule has 2 heterocycles. The molecule has 5 nitrogen and oxygen atoms in total. The Hall–Kier alpha value is -0.920. The highest BCUT2D eigenvalue weighted by atomic mass is 35.5. The van der Waals surface area contributed by atoms with Crippen molar-refractivity contribution in [1.82, 2.24) is 9.55 Å². The van der Waals surface area contributed by atoms with Crippen LogP contribution in [0.3, 0.4) is 0 Å². The zero-order valence-electron chi connectivity index (χ0n) is 8.89. The minimum Gasteiger partial charge on any atom is -0.383 e. The Morgan fingerprint density at radius 1 is 1.61 bits per heavy atom. The van der Waals surface area contributed by atoms with E-state index in [2.05, 4.69) is 4.98 Å². The van der Waals surface area contributed by atoms with Gasteiger partial charge in [-0.25, -0.2) is 4.79 Å². The SMILES string of the molecule is Nc1ccn(C2OC(CCl)C(Cl)C2(F)F)c(=O)n1. The summed E-state index contributed by atoms with van der Waals surface area (Å²) in [6, 6.07) is 1.22. The third-order valence-electron chi connectivity index (χ3n) is 2.58. The Morgan fingerprint density at radius 3 is 2.78 bits per heavy atom. The third-order valence-corrected chi connectivity index (χ3v) is 3.46. The molecule has 3 unspecified atom stereocenters. The molecule has 9 heteroatoms. The van der Waals surface area contributed by atoms with Crippen LogP contribution in [0.4, 0.5) is 14.6 Å². The predicted molar refractivity (Wildman–Crippen MR) is 62.1 cm³/mol. The van der Waals surface area contributed by atoms with Crippen LogP contribution in [0.1, 0.15) is 6.23 Å². The van der Waals surface area contributed by atoms with Crippen LogP contribution in [0.2, 0.25) is 0 Å². The van der Waals surface area contributed by atoms with Gasteiger partial charge < -0.3 is 10.5 Å². The van der Waals surface area contributed by atoms with Crippen molar-refractivity contribution in [2.75, 3.05) is 11.6 Å². The first-order valence-electron chi connectivity index (χ1n) is 4.96. The van der Waals surface area contributed by atoms with Crippen LogP contribution in [0, 0.1) is 0 Å². The number of aromatic nitrogens is 2. The molecule has 0 bridgehead atoms. The number of nitrogens with zero attached hydrogens (tertiary/aromatic N) is 2. The second kappa shape index (κ2) is 4.64. The molecule has 1 aromatic heterocycles. The molecule has 2 N–H and O–H groups in total. The number of anilines is 1. The van der Waals surface area contributed by atoms with Gasteiger partial charge in [-0.05, 0) is 6.07 Å². The quantitative estimate of drug-likeness (QED) is 0.833. The van der Waals surface area contributed by atoms with Crippen LogP contribution in [-0.4, -0.2) is 32.8 Å². The van der Waals surface area contributed by atoms with E-state index >= 15 is 0 Å². The largest absolute Gasteiger partial charge is 0.383 e. The molecule has 0 aromatic carbocycles. The first-order valence-corrected chi connectivity index (χ1v) is 5.93. The molecule has 1 saturated heterocycles. The van der Waals surface area contributed by atoms with Crippen LogP contribution in [0.5, 0.6) is 0 Å². The van der Waals surface area contributed by atoms with E-state index in [-0.39, 0.29) is 11.7 Å². The zero-order chi connectivity index (χ0) is 13.5. The molecule has 1 aliphatic heterocycles. The summed E-state index contributed by atoms with van der Waals surface area (Å²) >= 11 is 11.1. The molecule has 2 rings (SSSR count). The van der Waals surface area contributed by atoms with Gasteiger partial charge in [0.2, 0.25) is 6.23 Å². The third kappa shape index (κ3) is 2.06. The lowest BCUT2D eigenvalue weighted by Gasteiger charge is -2.20. The molecule has 1 aliphatic rings. The number of rotatable bonds is 2. The lowest BCUT2D eigenvalue weighted by atomic mass is 10.2. The van der Waals surface area contributed by atoms with Crippen molar-refractivity contribution in [3.05, 3.63) is 22.7 Å². The molecule has 0 saturated carbocycles. The predicted octanol–water partition coefficient (Wildman–Crippen LogP) is 1.20. The van der Waals surface area contributed by atoms with Gasteiger partial charge in [-0.2, -0.15) is 13.8 Å². The summed E-state index contributed by atoms with van der Waals surface area (Å²) in [4.78, 5) is 14.9. The Bertz CT molecular complexity index is 511. The fourth-order valence-electron chi connectivity index (χ4n) is 1.68. The summed E-state index contributed by atoms with van der Waals surface area (Å²) in [6.45, 7) is 0. The Morgan fingerprint density at radius 2 is 2.28 bits per heavy atom. The van der Waals surface area contributed by atoms with Crippen LogP contribution in [0.15, 0.2) is 17.1 Å². The number of hydrogen-bond acceptors (Lipinski definition) is 4. The van der Waals surface area contributed by atoms with E-state index < -0.39 is 29.3 Å². The van der Waals surface area contributed by atoms with Crippen molar-refractivity contribution < 1.29 is 13.5 Å². The smallest absolute Gasteiger partial charge is 0.351 e. The highest BCUT2D eigenvalue weighted by molar-refractivity contribution is 6.23. The zero-order valence-corrected chi connectivity index (χ0v) is 10.4. The normalized spacial score (nSPS) is 30.6. The van der Waals surface area contributed by atoms with E-state index in [0.717, 1.165) is 6.20 Å². The summed E-state index contributed by atoms with van der Waals surface area (Å²) in [5.74, 6) is -3.69. The maximum Gasteiger partial charge on any atom is 0.351 e. The maximum atomic E-state index is 13.9. The molecular formula is C9H9Cl2F2N3O2. The van der Waals surface area contributed by atoms with E-state index in [1.165, 1.54) is 6.07 Å². The van der Waals surface area contributed by atoms with Gasteiger partial charge >= 0.3 is 11.6 Å². The summed E-state index contributed by atoms with van der Waals surface area (Å²) in [5, 5.41) is -1.61. The van der Waals surface area contributed by atoms with Gasteiger partial charge in [-0.1, -0.05) is 0 Å². The first-order chi connectivity index (χ1) is 8.37. The van der Waals surface area contributed by atoms with Crippen molar-refractivity contribution in [2.24, 2.45) is 0 Å². The van der Waals surface area contributed by atoms with Gasteiger partial charge in [-0.15, -0.1) is 23.2 Å². The van der Waals surface area contributed by atoms with Crippen LogP contribution < -0.4 is 11.4 Å². The van der Waals surface area contributed by atoms with E-state index in [9.17, 15) is 13.6 Å². The highest BCUT2D eigenvalue weighted by Gasteiger charge is 2.59. The maximum absolute atomic E-state index is 13.9. The number of hydrogen-bond donors (Lipinski definition) is 1. The second-order valence-corrected chi connectivity index (χ2v) is 4.58. The second-order valence-electron chi connectivity index (χ2n) is 3.80. The van der Waals surface area contributed by atoms with Crippen molar-refractivity contribution in [3.63, 3.8) is 0 Å². The number of nitrogens with two attached hydrogens (primary N) is 1. The highest BCUT2D eigenvalue weighted by Crippen LogP contribution is 2.45. The standard InChI is InChI=1S/C9H9Cl2F2N3O2/c10-3-4-6(11)9(12,13)7(18-4)16-2-1-5(14)15-8(16)17/h1-2,4,6-7H,3H2,(H2,14,15,17). The lowest BCUT2D eigenvalue weighted by Crippen LogP contribution is -2.39. The lowest BCUT2D eigenvalue weighted by molar-refractivity contribution is -0.114. The fraction of sp³-hybridized carbons (Fsp3) is 0.556. The minimum atomic E-state index is -3.43. The average molecular weight is 300 g/mol. The molecule has 1 aromatic rings. The number of nitrogen functional groups attached to an aromatic ring is 1. The Balaban J connectivity index is 2.42. The van der Waals surface area contributed by atoms with Gasteiger partial charge in [0, 0.05) is 6.20 Å². The summed E-state index contributed by atoms with van der Waals surface area (Å²) in [5.41, 5.74) is 4.34. The van der Waals surface area contributed by atoms with E-state index in [4.69, 9.17) is 33.7 Å². The van der Waals surface area contributed by atoms with Gasteiger partial charge in [0.15, 0.2) is 0 Å². The van der Waals surface area contributed by atoms with Crippen molar-refractivity contribution in [2.45, 2.75) is 23.6 Å². The number of halogens is 4. The molecule has 18 heavy (non-hydrogen) atoms. The van der Waals surface area contributed by atoms with E-state index in [1.54, 1.807) is 0 Å². The topological polar surface area (TPSA) is 70.1 Å². The van der Waals surface area contributed by atoms with Gasteiger partial charge in [-0.3, -0.25) is 4.57 Å². The fourth-order valence-corrected chi connectivity index (χ4v) is 2.28. The first kappa shape index (κ1) is 13.5. The average Bonchev–Trinajstić information content (AvgIpc) is 2.52. The molecule has 1 fully saturated rings. The van der Waals surface area contributed by atoms with E-state index in [0.29, 0.717) is 4.57 Å². The van der Waals surface area contributed by atoms with Crippen molar-refractivity contribution in [1.29, 1.82) is 0 Å². The molecule has 3 atom stereocenters. The van der Waals surface area contributed by atoms with Crippen molar-refractivity contribution >= 4 is 29.0 Å². The monoisotopic (exact) mass is 299 g/mol. The summed E-state index contributed by atoms with van der Waals surface area (Å²) in [6.07, 6.45) is -1.79. The number of ether oxygens (including phenoxy) is 1. The summed E-state index contributed by atoms with van der Waals surface area (Å²) in [7, 11) is 0. The van der Waals surface area contributed by atoms with Crippen LogP contribution in [0.25, 0.3) is 0 Å². The molecule has 0 amide bonds. The van der Waals surface area contributed by atoms with Crippen molar-refractivity contribution in [3.8, 4) is 0 Å². The number of alkyl halides is 4. The summed E-state index contributed by atoms with van der Waals surface area (Å²) < 4.78 is 33.4. The minimum absolute atomic E-state index is 0.0612. The molecule has 0 radical (unpaired) electrons. The molecule has 100 valence electrons. The molecule has 0 spiro atoms. The van der Waals surface area contributed by atoms with Gasteiger partial charge in [0.25, 0.3) is 0 Å². The van der Waals surface area contributed by atoms with Gasteiger partial charge in [0.05, 0.1) is 12.0 Å². The Labute approximate surface area is 110 Å². The molecule has 0 aliphatic carbocycles. The van der Waals surface area contributed by atoms with Gasteiger partial charge in [0.1, 0.15) is 11.2 Å².